The molecule has 2 rings (SSSR count). The van der Waals surface area contributed by atoms with Crippen LogP contribution in [0.5, 0.6) is 0 Å². The molecule has 0 amide bonds. The molecule has 1 aliphatic rings. The molecule has 0 spiro atoms. The molecule has 0 aliphatic carbocycles. The quantitative estimate of drug-likeness (QED) is 0.895. The van der Waals surface area contributed by atoms with E-state index >= 15 is 0 Å². The molecule has 0 bridgehead atoms. The highest BCUT2D eigenvalue weighted by molar-refractivity contribution is 5.48. The highest BCUT2D eigenvalue weighted by Crippen LogP contribution is 2.20. The second kappa shape index (κ2) is 6.95. The minimum Gasteiger partial charge on any atom is -0.371 e. The van der Waals surface area contributed by atoms with Crippen molar-refractivity contribution >= 4 is 5.69 Å². The van der Waals surface area contributed by atoms with Gasteiger partial charge in [0.2, 0.25) is 0 Å². The van der Waals surface area contributed by atoms with Gasteiger partial charge in [-0.2, -0.15) is 0 Å². The van der Waals surface area contributed by atoms with E-state index in [-0.39, 0.29) is 0 Å². The van der Waals surface area contributed by atoms with Crippen molar-refractivity contribution in [2.24, 2.45) is 5.92 Å². The standard InChI is InChI=1S/C17H28N2/c1-4-15-7-6-8-17(11-15)19-10-9-16(5-2)18-12-14(3)13-19/h6-8,11,14,16,18H,4-5,9-10,12-13H2,1-3H3. The zero-order valence-electron chi connectivity index (χ0n) is 12.7. The molecule has 2 atom stereocenters. The number of benzene rings is 1. The van der Waals surface area contributed by atoms with Crippen molar-refractivity contribution in [1.29, 1.82) is 0 Å². The van der Waals surface area contributed by atoms with Crippen molar-refractivity contribution in [1.82, 2.24) is 5.32 Å². The summed E-state index contributed by atoms with van der Waals surface area (Å²) in [4.78, 5) is 2.58. The molecule has 1 aliphatic heterocycles. The molecule has 1 N–H and O–H groups in total. The highest BCUT2D eigenvalue weighted by atomic mass is 15.1. The summed E-state index contributed by atoms with van der Waals surface area (Å²) in [5.41, 5.74) is 2.85. The first kappa shape index (κ1) is 14.4. The molecule has 1 aromatic rings. The van der Waals surface area contributed by atoms with Crippen LogP contribution in [0, 0.1) is 5.92 Å². The molecule has 1 aromatic carbocycles. The van der Waals surface area contributed by atoms with Crippen LogP contribution >= 0.6 is 0 Å². The number of hydrogen-bond donors (Lipinski definition) is 1. The maximum Gasteiger partial charge on any atom is 0.0369 e. The molecule has 2 heteroatoms. The Kier molecular flexibility index (Phi) is 5.26. The van der Waals surface area contributed by atoms with E-state index in [0.29, 0.717) is 12.0 Å². The summed E-state index contributed by atoms with van der Waals surface area (Å²) in [5, 5.41) is 3.69. The summed E-state index contributed by atoms with van der Waals surface area (Å²) in [6, 6.07) is 9.74. The smallest absolute Gasteiger partial charge is 0.0369 e. The fourth-order valence-electron chi connectivity index (χ4n) is 2.87. The van der Waals surface area contributed by atoms with Crippen LogP contribution in [0.3, 0.4) is 0 Å². The molecule has 106 valence electrons. The summed E-state index contributed by atoms with van der Waals surface area (Å²) in [5.74, 6) is 0.708. The van der Waals surface area contributed by atoms with E-state index in [1.54, 1.807) is 0 Å². The number of aryl methyl sites for hydroxylation is 1. The van der Waals surface area contributed by atoms with Gasteiger partial charge in [-0.3, -0.25) is 0 Å². The molecule has 1 heterocycles. The molecule has 1 saturated heterocycles. The SMILES string of the molecule is CCc1cccc(N2CCC(CC)NCC(C)C2)c1. The second-order valence-electron chi connectivity index (χ2n) is 5.88. The monoisotopic (exact) mass is 260 g/mol. The van der Waals surface area contributed by atoms with Crippen molar-refractivity contribution in [3.63, 3.8) is 0 Å². The zero-order chi connectivity index (χ0) is 13.7. The Morgan fingerprint density at radius 1 is 1.32 bits per heavy atom. The van der Waals surface area contributed by atoms with Gasteiger partial charge in [0, 0.05) is 24.8 Å². The Labute approximate surface area is 118 Å². The molecular weight excluding hydrogens is 232 g/mol. The van der Waals surface area contributed by atoms with Crippen LogP contribution < -0.4 is 10.2 Å². The molecule has 0 saturated carbocycles. The van der Waals surface area contributed by atoms with Crippen LogP contribution in [0.2, 0.25) is 0 Å². The van der Waals surface area contributed by atoms with Gasteiger partial charge in [-0.15, -0.1) is 0 Å². The van der Waals surface area contributed by atoms with Gasteiger partial charge in [-0.05, 0) is 49.4 Å². The number of rotatable bonds is 3. The molecule has 2 unspecified atom stereocenters. The summed E-state index contributed by atoms with van der Waals surface area (Å²) >= 11 is 0. The topological polar surface area (TPSA) is 15.3 Å². The third-order valence-electron chi connectivity index (χ3n) is 4.21. The van der Waals surface area contributed by atoms with E-state index in [9.17, 15) is 0 Å². The maximum absolute atomic E-state index is 3.69. The van der Waals surface area contributed by atoms with Crippen molar-refractivity contribution in [2.45, 2.75) is 46.1 Å². The number of nitrogens with one attached hydrogen (secondary N) is 1. The van der Waals surface area contributed by atoms with E-state index in [4.69, 9.17) is 0 Å². The van der Waals surface area contributed by atoms with Crippen LogP contribution in [-0.4, -0.2) is 25.7 Å². The maximum atomic E-state index is 3.69. The number of anilines is 1. The predicted molar refractivity (Wildman–Crippen MR) is 83.9 cm³/mol. The third-order valence-corrected chi connectivity index (χ3v) is 4.21. The predicted octanol–water partition coefficient (Wildman–Crippen LogP) is 3.46. The first-order valence-electron chi connectivity index (χ1n) is 7.80. The summed E-state index contributed by atoms with van der Waals surface area (Å²) in [7, 11) is 0. The Bertz CT molecular complexity index is 389. The molecule has 0 radical (unpaired) electrons. The van der Waals surface area contributed by atoms with E-state index in [1.807, 2.05) is 0 Å². The van der Waals surface area contributed by atoms with Crippen molar-refractivity contribution in [3.05, 3.63) is 29.8 Å². The van der Waals surface area contributed by atoms with Crippen molar-refractivity contribution in [3.8, 4) is 0 Å². The van der Waals surface area contributed by atoms with Crippen LogP contribution in [0.1, 0.15) is 39.2 Å². The average Bonchev–Trinajstić information content (AvgIpc) is 2.43. The van der Waals surface area contributed by atoms with Gasteiger partial charge in [0.05, 0.1) is 0 Å². The fourth-order valence-corrected chi connectivity index (χ4v) is 2.87. The van der Waals surface area contributed by atoms with Crippen LogP contribution in [-0.2, 0) is 6.42 Å². The van der Waals surface area contributed by atoms with E-state index in [2.05, 4.69) is 55.3 Å². The Hall–Kier alpha value is -1.02. The largest absolute Gasteiger partial charge is 0.371 e. The van der Waals surface area contributed by atoms with Crippen molar-refractivity contribution in [2.75, 3.05) is 24.5 Å². The lowest BCUT2D eigenvalue weighted by Crippen LogP contribution is -2.43. The van der Waals surface area contributed by atoms with Crippen molar-refractivity contribution < 1.29 is 0 Å². The molecule has 1 fully saturated rings. The lowest BCUT2D eigenvalue weighted by Gasteiger charge is -2.33. The lowest BCUT2D eigenvalue weighted by atomic mass is 10.0. The molecule has 19 heavy (non-hydrogen) atoms. The van der Waals surface area contributed by atoms with Crippen LogP contribution in [0.25, 0.3) is 0 Å². The van der Waals surface area contributed by atoms with Gasteiger partial charge in [0.15, 0.2) is 0 Å². The zero-order valence-corrected chi connectivity index (χ0v) is 12.7. The Morgan fingerprint density at radius 2 is 2.16 bits per heavy atom. The number of hydrogen-bond acceptors (Lipinski definition) is 2. The average molecular weight is 260 g/mol. The molecule has 0 aromatic heterocycles. The van der Waals surface area contributed by atoms with Crippen LogP contribution in [0.15, 0.2) is 24.3 Å². The first-order valence-corrected chi connectivity index (χ1v) is 7.80. The Balaban J connectivity index is 2.11. The lowest BCUT2D eigenvalue weighted by molar-refractivity contribution is 0.388. The van der Waals surface area contributed by atoms with Gasteiger partial charge in [-0.25, -0.2) is 0 Å². The Morgan fingerprint density at radius 3 is 2.89 bits per heavy atom. The normalized spacial score (nSPS) is 24.9. The summed E-state index contributed by atoms with van der Waals surface area (Å²) in [6.07, 6.45) is 3.60. The van der Waals surface area contributed by atoms with Gasteiger partial charge >= 0.3 is 0 Å². The van der Waals surface area contributed by atoms with Gasteiger partial charge < -0.3 is 10.2 Å². The molecule has 2 nitrogen and oxygen atoms in total. The highest BCUT2D eigenvalue weighted by Gasteiger charge is 2.18. The van der Waals surface area contributed by atoms with Gasteiger partial charge in [0.1, 0.15) is 0 Å². The van der Waals surface area contributed by atoms with Crippen LogP contribution in [0.4, 0.5) is 5.69 Å². The minimum atomic E-state index is 0.680. The molecular formula is C17H28N2. The second-order valence-corrected chi connectivity index (χ2v) is 5.88. The van der Waals surface area contributed by atoms with Gasteiger partial charge in [-0.1, -0.05) is 32.9 Å². The van der Waals surface area contributed by atoms with E-state index in [1.165, 1.54) is 30.6 Å². The summed E-state index contributed by atoms with van der Waals surface area (Å²) in [6.45, 7) is 10.3. The van der Waals surface area contributed by atoms with E-state index in [0.717, 1.165) is 19.5 Å². The minimum absolute atomic E-state index is 0.680. The van der Waals surface area contributed by atoms with Gasteiger partial charge in [0.25, 0.3) is 0 Å². The van der Waals surface area contributed by atoms with E-state index < -0.39 is 0 Å². The fraction of sp³-hybridized carbons (Fsp3) is 0.647. The third kappa shape index (κ3) is 3.97. The first-order chi connectivity index (χ1) is 9.22. The number of nitrogens with zero attached hydrogens (tertiary/aromatic N) is 1. The summed E-state index contributed by atoms with van der Waals surface area (Å²) < 4.78 is 0.